The van der Waals surface area contributed by atoms with E-state index in [-0.39, 0.29) is 5.91 Å². The van der Waals surface area contributed by atoms with Crippen molar-refractivity contribution in [3.05, 3.63) is 65.2 Å². The summed E-state index contributed by atoms with van der Waals surface area (Å²) in [5, 5.41) is 9.17. The van der Waals surface area contributed by atoms with Gasteiger partial charge >= 0.3 is 0 Å². The standard InChI is InChI=1S/C20H20ClN5OS/c21-16-10-8-15(9-11-16)18-23-24-20(26(18)22)28-17(14-6-2-1-3-7-14)19(27)25-12-4-5-13-25/h1-3,6-11,17H,4-5,12-13,22H2/t17-/m1/s1. The molecule has 0 saturated carbocycles. The summed E-state index contributed by atoms with van der Waals surface area (Å²) in [5.41, 5.74) is 1.74. The Kier molecular flexibility index (Phi) is 5.54. The molecular weight excluding hydrogens is 394 g/mol. The van der Waals surface area contributed by atoms with Crippen LogP contribution in [0.15, 0.2) is 59.8 Å². The van der Waals surface area contributed by atoms with Gasteiger partial charge in [0.1, 0.15) is 5.25 Å². The molecular formula is C20H20ClN5OS. The third-order valence-corrected chi connectivity index (χ3v) is 6.19. The molecule has 0 unspecified atom stereocenters. The smallest absolute Gasteiger partial charge is 0.240 e. The van der Waals surface area contributed by atoms with Gasteiger partial charge in [-0.1, -0.05) is 53.7 Å². The summed E-state index contributed by atoms with van der Waals surface area (Å²) < 4.78 is 1.43. The first-order chi connectivity index (χ1) is 13.6. The number of benzene rings is 2. The number of nitrogens with two attached hydrogens (primary N) is 1. The maximum absolute atomic E-state index is 13.2. The second-order valence-electron chi connectivity index (χ2n) is 6.62. The Balaban J connectivity index is 1.63. The zero-order valence-corrected chi connectivity index (χ0v) is 16.7. The highest BCUT2D eigenvalue weighted by Gasteiger charge is 2.30. The number of carbonyl (C=O) groups excluding carboxylic acids is 1. The van der Waals surface area contributed by atoms with Gasteiger partial charge in [0.05, 0.1) is 0 Å². The van der Waals surface area contributed by atoms with E-state index in [1.807, 2.05) is 47.4 Å². The highest BCUT2D eigenvalue weighted by molar-refractivity contribution is 8.00. The number of amides is 1. The topological polar surface area (TPSA) is 77.0 Å². The number of nitrogens with zero attached hydrogens (tertiary/aromatic N) is 4. The summed E-state index contributed by atoms with van der Waals surface area (Å²) in [6.07, 6.45) is 2.09. The van der Waals surface area contributed by atoms with Crippen LogP contribution in [-0.2, 0) is 4.79 Å². The van der Waals surface area contributed by atoms with Crippen molar-refractivity contribution < 1.29 is 4.79 Å². The van der Waals surface area contributed by atoms with Crippen LogP contribution in [0.3, 0.4) is 0 Å². The Bertz CT molecular complexity index is 954. The van der Waals surface area contributed by atoms with E-state index >= 15 is 0 Å². The molecule has 1 atom stereocenters. The van der Waals surface area contributed by atoms with Crippen molar-refractivity contribution in [3.8, 4) is 11.4 Å². The number of likely N-dealkylation sites (tertiary alicyclic amines) is 1. The molecule has 8 heteroatoms. The molecule has 2 heterocycles. The molecule has 1 aromatic heterocycles. The third kappa shape index (κ3) is 3.86. The van der Waals surface area contributed by atoms with Gasteiger partial charge in [-0.25, -0.2) is 4.68 Å². The molecule has 1 aliphatic heterocycles. The largest absolute Gasteiger partial charge is 0.341 e. The predicted octanol–water partition coefficient (Wildman–Crippen LogP) is 3.77. The monoisotopic (exact) mass is 413 g/mol. The van der Waals surface area contributed by atoms with Crippen LogP contribution in [0.1, 0.15) is 23.7 Å². The second kappa shape index (κ2) is 8.24. The van der Waals surface area contributed by atoms with Gasteiger partial charge in [0, 0.05) is 23.7 Å². The molecule has 0 aliphatic carbocycles. The Labute approximate surface area is 172 Å². The quantitative estimate of drug-likeness (QED) is 0.509. The van der Waals surface area contributed by atoms with Crippen molar-refractivity contribution >= 4 is 29.3 Å². The van der Waals surface area contributed by atoms with Gasteiger partial charge in [0.15, 0.2) is 5.82 Å². The van der Waals surface area contributed by atoms with E-state index in [1.165, 1.54) is 16.4 Å². The fourth-order valence-electron chi connectivity index (χ4n) is 3.25. The zero-order chi connectivity index (χ0) is 19.5. The predicted molar refractivity (Wildman–Crippen MR) is 111 cm³/mol. The van der Waals surface area contributed by atoms with Crippen LogP contribution in [0.2, 0.25) is 5.02 Å². The summed E-state index contributed by atoms with van der Waals surface area (Å²) >= 11 is 7.29. The number of rotatable bonds is 5. The van der Waals surface area contributed by atoms with Gasteiger partial charge in [0.2, 0.25) is 11.1 Å². The van der Waals surface area contributed by atoms with Crippen LogP contribution in [0.5, 0.6) is 0 Å². The minimum Gasteiger partial charge on any atom is -0.341 e. The molecule has 6 nitrogen and oxygen atoms in total. The van der Waals surface area contributed by atoms with E-state index in [2.05, 4.69) is 10.2 Å². The fourth-order valence-corrected chi connectivity index (χ4v) is 4.42. The van der Waals surface area contributed by atoms with E-state index in [9.17, 15) is 4.79 Å². The van der Waals surface area contributed by atoms with E-state index in [0.29, 0.717) is 16.0 Å². The molecule has 28 heavy (non-hydrogen) atoms. The fraction of sp³-hybridized carbons (Fsp3) is 0.250. The van der Waals surface area contributed by atoms with Crippen molar-refractivity contribution in [3.63, 3.8) is 0 Å². The molecule has 0 spiro atoms. The second-order valence-corrected chi connectivity index (χ2v) is 8.13. The van der Waals surface area contributed by atoms with Gasteiger partial charge < -0.3 is 10.7 Å². The maximum atomic E-state index is 13.2. The van der Waals surface area contributed by atoms with Gasteiger partial charge in [-0.2, -0.15) is 0 Å². The van der Waals surface area contributed by atoms with Crippen molar-refractivity contribution in [2.24, 2.45) is 0 Å². The highest BCUT2D eigenvalue weighted by atomic mass is 35.5. The van der Waals surface area contributed by atoms with Gasteiger partial charge in [0.25, 0.3) is 0 Å². The lowest BCUT2D eigenvalue weighted by Crippen LogP contribution is -2.31. The van der Waals surface area contributed by atoms with Crippen LogP contribution >= 0.6 is 23.4 Å². The van der Waals surface area contributed by atoms with Crippen molar-refractivity contribution in [2.45, 2.75) is 23.2 Å². The summed E-state index contributed by atoms with van der Waals surface area (Å²) in [6.45, 7) is 1.60. The highest BCUT2D eigenvalue weighted by Crippen LogP contribution is 2.37. The summed E-state index contributed by atoms with van der Waals surface area (Å²) in [4.78, 5) is 15.1. The number of halogens is 1. The SMILES string of the molecule is Nn1c(S[C@@H](C(=O)N2CCCC2)c2ccccc2)nnc1-c1ccc(Cl)cc1. The van der Waals surface area contributed by atoms with Crippen molar-refractivity contribution in [1.29, 1.82) is 0 Å². The van der Waals surface area contributed by atoms with E-state index < -0.39 is 5.25 Å². The Morgan fingerprint density at radius 2 is 1.71 bits per heavy atom. The molecule has 144 valence electrons. The lowest BCUT2D eigenvalue weighted by atomic mass is 10.1. The summed E-state index contributed by atoms with van der Waals surface area (Å²) in [7, 11) is 0. The molecule has 2 aromatic carbocycles. The average molecular weight is 414 g/mol. The normalized spacial score (nSPS) is 15.0. The van der Waals surface area contributed by atoms with E-state index in [4.69, 9.17) is 17.4 Å². The number of hydrogen-bond acceptors (Lipinski definition) is 5. The van der Waals surface area contributed by atoms with Gasteiger partial charge in [-0.05, 0) is 42.7 Å². The van der Waals surface area contributed by atoms with Gasteiger partial charge in [-0.3, -0.25) is 4.79 Å². The van der Waals surface area contributed by atoms with Crippen molar-refractivity contribution in [2.75, 3.05) is 18.9 Å². The Morgan fingerprint density at radius 1 is 1.04 bits per heavy atom. The van der Waals surface area contributed by atoms with Crippen LogP contribution in [0, 0.1) is 0 Å². The van der Waals surface area contributed by atoms with Gasteiger partial charge in [-0.15, -0.1) is 10.2 Å². The Morgan fingerprint density at radius 3 is 2.39 bits per heavy atom. The zero-order valence-electron chi connectivity index (χ0n) is 15.2. The number of carbonyl (C=O) groups is 1. The average Bonchev–Trinajstić information content (AvgIpc) is 3.38. The molecule has 1 fully saturated rings. The maximum Gasteiger partial charge on any atom is 0.240 e. The van der Waals surface area contributed by atoms with E-state index in [1.54, 1.807) is 12.1 Å². The number of hydrogen-bond donors (Lipinski definition) is 1. The first-order valence-corrected chi connectivity index (χ1v) is 10.4. The van der Waals surface area contributed by atoms with Crippen LogP contribution in [0.4, 0.5) is 0 Å². The van der Waals surface area contributed by atoms with Crippen LogP contribution < -0.4 is 5.84 Å². The molecule has 2 N–H and O–H groups in total. The lowest BCUT2D eigenvalue weighted by Gasteiger charge is -2.22. The lowest BCUT2D eigenvalue weighted by molar-refractivity contribution is -0.129. The van der Waals surface area contributed by atoms with Crippen LogP contribution in [0.25, 0.3) is 11.4 Å². The molecule has 0 radical (unpaired) electrons. The summed E-state index contributed by atoms with van der Waals surface area (Å²) in [6, 6.07) is 17.0. The molecule has 1 saturated heterocycles. The molecule has 1 aliphatic rings. The first-order valence-electron chi connectivity index (χ1n) is 9.10. The molecule has 0 bridgehead atoms. The number of nitrogen functional groups attached to an aromatic ring is 1. The third-order valence-electron chi connectivity index (χ3n) is 4.73. The Hall–Kier alpha value is -2.51. The minimum atomic E-state index is -0.413. The molecule has 3 aromatic rings. The van der Waals surface area contributed by atoms with Crippen LogP contribution in [-0.4, -0.2) is 38.8 Å². The van der Waals surface area contributed by atoms with E-state index in [0.717, 1.165) is 37.1 Å². The number of thioether (sulfide) groups is 1. The first kappa shape index (κ1) is 18.8. The molecule has 1 amide bonds. The minimum absolute atomic E-state index is 0.0877. The molecule has 4 rings (SSSR count). The van der Waals surface area contributed by atoms with Crippen molar-refractivity contribution in [1.82, 2.24) is 19.8 Å². The summed E-state index contributed by atoms with van der Waals surface area (Å²) in [5.74, 6) is 6.88. The number of aromatic nitrogens is 3.